The first-order valence-electron chi connectivity index (χ1n) is 7.38. The molecule has 25 heavy (non-hydrogen) atoms. The van der Waals surface area contributed by atoms with Crippen LogP contribution in [-0.2, 0) is 4.74 Å². The fraction of sp³-hybridized carbons (Fsp3) is 0.235. The molecule has 2 heterocycles. The molecule has 8 heteroatoms. The molecule has 130 valence electrons. The van der Waals surface area contributed by atoms with Crippen molar-refractivity contribution in [1.82, 2.24) is 0 Å². The van der Waals surface area contributed by atoms with Crippen molar-refractivity contribution in [3.8, 4) is 5.75 Å². The molecule has 0 atom stereocenters. The third kappa shape index (κ3) is 3.05. The molecule has 0 spiro atoms. The Labute approximate surface area is 150 Å². The molecule has 0 fully saturated rings. The lowest BCUT2D eigenvalue weighted by molar-refractivity contribution is 0.0498. The van der Waals surface area contributed by atoms with E-state index in [1.54, 1.807) is 6.07 Å². The van der Waals surface area contributed by atoms with Gasteiger partial charge in [0.2, 0.25) is 5.75 Å². The second-order valence-corrected chi connectivity index (χ2v) is 5.93. The minimum atomic E-state index is -0.810. The third-order valence-electron chi connectivity index (χ3n) is 3.62. The first-order valence-corrected chi connectivity index (χ1v) is 8.18. The zero-order valence-corrected chi connectivity index (χ0v) is 14.9. The van der Waals surface area contributed by atoms with Gasteiger partial charge in [-0.05, 0) is 34.8 Å². The molecular formula is C17H14BrNO6. The van der Waals surface area contributed by atoms with E-state index < -0.39 is 11.6 Å². The average molecular weight is 408 g/mol. The van der Waals surface area contributed by atoms with E-state index in [9.17, 15) is 9.59 Å². The summed E-state index contributed by atoms with van der Waals surface area (Å²) in [7, 11) is 1.44. The van der Waals surface area contributed by atoms with Gasteiger partial charge in [0.25, 0.3) is 0 Å². The van der Waals surface area contributed by atoms with Crippen LogP contribution in [0.2, 0.25) is 0 Å². The Balaban J connectivity index is 2.11. The van der Waals surface area contributed by atoms with Gasteiger partial charge in [0.1, 0.15) is 5.56 Å². The van der Waals surface area contributed by atoms with Crippen LogP contribution in [-0.4, -0.2) is 32.9 Å². The summed E-state index contributed by atoms with van der Waals surface area (Å²) < 4.78 is 21.7. The summed E-state index contributed by atoms with van der Waals surface area (Å²) in [5.74, 6) is -0.467. The number of carbonyl (C=O) groups is 1. The number of esters is 1. The van der Waals surface area contributed by atoms with Crippen LogP contribution in [0.4, 0.5) is 0 Å². The Morgan fingerprint density at radius 2 is 2.16 bits per heavy atom. The quantitative estimate of drug-likeness (QED) is 0.268. The zero-order valence-electron chi connectivity index (χ0n) is 13.3. The second kappa shape index (κ2) is 7.10. The topological polar surface area (TPSA) is 91.2 Å². The van der Waals surface area contributed by atoms with Crippen molar-refractivity contribution in [3.05, 3.63) is 38.9 Å². The molecule has 3 rings (SSSR count). The van der Waals surface area contributed by atoms with Crippen molar-refractivity contribution in [1.29, 1.82) is 0 Å². The Kier molecular flexibility index (Phi) is 4.89. The predicted octanol–water partition coefficient (Wildman–Crippen LogP) is 3.56. The highest BCUT2D eigenvalue weighted by Crippen LogP contribution is 2.41. The Hall–Kier alpha value is -2.61. The van der Waals surface area contributed by atoms with Crippen LogP contribution in [0, 0.1) is 0 Å². The molecule has 0 amide bonds. The van der Waals surface area contributed by atoms with Gasteiger partial charge in [0.15, 0.2) is 11.2 Å². The number of nitrogens with zero attached hydrogens (tertiary/aromatic N) is 1. The largest absolute Gasteiger partial charge is 0.490 e. The van der Waals surface area contributed by atoms with E-state index in [0.717, 1.165) is 5.39 Å². The molecule has 0 N–H and O–H groups in total. The van der Waals surface area contributed by atoms with Crippen molar-refractivity contribution >= 4 is 50.6 Å². The third-order valence-corrected chi connectivity index (χ3v) is 4.47. The minimum Gasteiger partial charge on any atom is -0.490 e. The molecule has 0 saturated carbocycles. The van der Waals surface area contributed by atoms with Gasteiger partial charge in [-0.15, -0.1) is 0 Å². The fourth-order valence-electron chi connectivity index (χ4n) is 2.46. The van der Waals surface area contributed by atoms with Crippen molar-refractivity contribution in [2.75, 3.05) is 20.3 Å². The number of aliphatic imine (C=N–C) groups is 1. The van der Waals surface area contributed by atoms with Gasteiger partial charge in [0.05, 0.1) is 20.0 Å². The Morgan fingerprint density at radius 1 is 1.36 bits per heavy atom. The van der Waals surface area contributed by atoms with Crippen LogP contribution in [0.1, 0.15) is 16.8 Å². The zero-order chi connectivity index (χ0) is 18.0. The molecule has 0 aliphatic rings. The van der Waals surface area contributed by atoms with Crippen molar-refractivity contribution in [2.45, 2.75) is 6.42 Å². The molecule has 2 aromatic heterocycles. The summed E-state index contributed by atoms with van der Waals surface area (Å²) in [6.07, 6.45) is 2.03. The van der Waals surface area contributed by atoms with Gasteiger partial charge in [-0.1, -0.05) is 0 Å². The summed E-state index contributed by atoms with van der Waals surface area (Å²) in [4.78, 5) is 28.0. The lowest BCUT2D eigenvalue weighted by Crippen LogP contribution is -2.17. The van der Waals surface area contributed by atoms with Crippen molar-refractivity contribution in [2.24, 2.45) is 4.99 Å². The highest BCUT2D eigenvalue weighted by molar-refractivity contribution is 9.10. The molecule has 3 aromatic rings. The van der Waals surface area contributed by atoms with Crippen molar-refractivity contribution in [3.63, 3.8) is 0 Å². The number of methoxy groups -OCH3 is 1. The van der Waals surface area contributed by atoms with E-state index in [4.69, 9.17) is 18.3 Å². The smallest absolute Gasteiger partial charge is 0.351 e. The molecule has 0 aliphatic heterocycles. The number of carbonyl (C=O) groups excluding carboxylic acids is 1. The van der Waals surface area contributed by atoms with Gasteiger partial charge in [-0.3, -0.25) is 0 Å². The molecule has 0 unspecified atom stereocenters. The fourth-order valence-corrected chi connectivity index (χ4v) is 3.06. The highest BCUT2D eigenvalue weighted by atomic mass is 79.9. The predicted molar refractivity (Wildman–Crippen MR) is 95.8 cm³/mol. The van der Waals surface area contributed by atoms with Gasteiger partial charge in [-0.2, -0.15) is 0 Å². The number of rotatable bonds is 6. The highest BCUT2D eigenvalue weighted by Gasteiger charge is 2.22. The summed E-state index contributed by atoms with van der Waals surface area (Å²) in [5.41, 5.74) is -0.369. The van der Waals surface area contributed by atoms with E-state index in [2.05, 4.69) is 27.6 Å². The molecule has 7 nitrogen and oxygen atoms in total. The number of hydrogen-bond donors (Lipinski definition) is 0. The minimum absolute atomic E-state index is 0.139. The van der Waals surface area contributed by atoms with E-state index >= 15 is 0 Å². The first-order chi connectivity index (χ1) is 12.1. The molecule has 0 aliphatic carbocycles. The van der Waals surface area contributed by atoms with Gasteiger partial charge >= 0.3 is 11.6 Å². The number of ether oxygens (including phenoxy) is 2. The maximum Gasteiger partial charge on any atom is 0.351 e. The van der Waals surface area contributed by atoms with Crippen LogP contribution in [0.15, 0.2) is 41.5 Å². The van der Waals surface area contributed by atoms with Gasteiger partial charge in [0, 0.05) is 28.2 Å². The summed E-state index contributed by atoms with van der Waals surface area (Å²) in [6.45, 7) is 3.96. The standard InChI is InChI=1S/C17H14BrNO6/c1-19-5-3-6-24-16(20)11-8-10-12(18)9-4-7-23-13(9)15(22-2)14(10)25-17(11)21/h4,7-8H,1,3,5-6H2,2H3. The second-order valence-electron chi connectivity index (χ2n) is 5.14. The van der Waals surface area contributed by atoms with Crippen LogP contribution < -0.4 is 10.4 Å². The van der Waals surface area contributed by atoms with Gasteiger partial charge < -0.3 is 23.3 Å². The number of furan rings is 1. The number of fused-ring (bicyclic) bond motifs is 2. The SMILES string of the molecule is C=NCCCOC(=O)c1cc2c(Br)c3ccoc3c(OC)c2oc1=O. The van der Waals surface area contributed by atoms with Gasteiger partial charge in [-0.25, -0.2) is 9.59 Å². The van der Waals surface area contributed by atoms with Crippen LogP contribution in [0.25, 0.3) is 21.9 Å². The Bertz CT molecular complexity index is 1020. The lowest BCUT2D eigenvalue weighted by atomic mass is 10.1. The summed E-state index contributed by atoms with van der Waals surface area (Å²) >= 11 is 3.46. The molecule has 0 bridgehead atoms. The summed E-state index contributed by atoms with van der Waals surface area (Å²) in [6, 6.07) is 3.17. The normalized spacial score (nSPS) is 11.0. The monoisotopic (exact) mass is 407 g/mol. The first kappa shape index (κ1) is 17.2. The number of benzene rings is 1. The van der Waals surface area contributed by atoms with E-state index in [-0.39, 0.29) is 23.5 Å². The maximum absolute atomic E-state index is 12.2. The average Bonchev–Trinajstić information content (AvgIpc) is 3.08. The Morgan fingerprint density at radius 3 is 2.88 bits per heavy atom. The molecular weight excluding hydrogens is 394 g/mol. The summed E-state index contributed by atoms with van der Waals surface area (Å²) in [5, 5.41) is 1.24. The van der Waals surface area contributed by atoms with E-state index in [1.807, 2.05) is 0 Å². The molecule has 1 aromatic carbocycles. The molecule has 0 saturated heterocycles. The van der Waals surface area contributed by atoms with E-state index in [1.165, 1.54) is 19.4 Å². The number of halogens is 1. The van der Waals surface area contributed by atoms with E-state index in [0.29, 0.717) is 28.4 Å². The van der Waals surface area contributed by atoms with Crippen LogP contribution in [0.3, 0.4) is 0 Å². The van der Waals surface area contributed by atoms with Crippen molar-refractivity contribution < 1.29 is 23.1 Å². The van der Waals surface area contributed by atoms with Crippen LogP contribution in [0.5, 0.6) is 5.75 Å². The maximum atomic E-state index is 12.2. The molecule has 0 radical (unpaired) electrons. The number of hydrogen-bond acceptors (Lipinski definition) is 7. The lowest BCUT2D eigenvalue weighted by Gasteiger charge is -2.09. The van der Waals surface area contributed by atoms with Crippen LogP contribution >= 0.6 is 15.9 Å².